The number of benzene rings is 1. The van der Waals surface area contributed by atoms with Crippen molar-refractivity contribution in [2.24, 2.45) is 4.99 Å². The Morgan fingerprint density at radius 1 is 1.55 bits per heavy atom. The first-order chi connectivity index (χ1) is 9.61. The molecule has 0 fully saturated rings. The summed E-state index contributed by atoms with van der Waals surface area (Å²) in [5.41, 5.74) is 3.26. The van der Waals surface area contributed by atoms with E-state index in [1.807, 2.05) is 26.0 Å². The molecule has 0 saturated heterocycles. The van der Waals surface area contributed by atoms with Crippen molar-refractivity contribution >= 4 is 39.5 Å². The molecule has 0 saturated carbocycles. The number of thioether (sulfide) groups is 2. The number of aliphatic imine (C=N–C) groups is 1. The van der Waals surface area contributed by atoms with E-state index in [2.05, 4.69) is 23.3 Å². The number of hydrogen-bond acceptors (Lipinski definition) is 4. The van der Waals surface area contributed by atoms with E-state index in [9.17, 15) is 4.79 Å². The van der Waals surface area contributed by atoms with Gasteiger partial charge in [0.25, 0.3) is 0 Å². The highest BCUT2D eigenvalue weighted by Gasteiger charge is 2.20. The molecule has 3 nitrogen and oxygen atoms in total. The van der Waals surface area contributed by atoms with Crippen LogP contribution < -0.4 is 5.32 Å². The van der Waals surface area contributed by atoms with Crippen LogP contribution in [-0.2, 0) is 11.2 Å². The summed E-state index contributed by atoms with van der Waals surface area (Å²) < 4.78 is 1.04. The Balaban J connectivity index is 2.03. The second kappa shape index (κ2) is 7.18. The maximum Gasteiger partial charge on any atom is 0.237 e. The molecule has 0 radical (unpaired) electrons. The lowest BCUT2D eigenvalue weighted by Gasteiger charge is -2.16. The Hall–Kier alpha value is -0.940. The first kappa shape index (κ1) is 15.4. The van der Waals surface area contributed by atoms with Gasteiger partial charge in [0, 0.05) is 11.4 Å². The Morgan fingerprint density at radius 3 is 3.00 bits per heavy atom. The maximum absolute atomic E-state index is 12.3. The van der Waals surface area contributed by atoms with E-state index >= 15 is 0 Å². The van der Waals surface area contributed by atoms with E-state index in [1.165, 1.54) is 5.56 Å². The molecule has 0 aromatic heterocycles. The SMILES string of the molecule is CCc1cccc(C)c1NC(=O)C(C)SC1=NCCS1. The van der Waals surface area contributed by atoms with Crippen molar-refractivity contribution in [1.29, 1.82) is 0 Å². The fourth-order valence-electron chi connectivity index (χ4n) is 2.02. The lowest BCUT2D eigenvalue weighted by Crippen LogP contribution is -2.24. The van der Waals surface area contributed by atoms with Crippen LogP contribution in [0.15, 0.2) is 23.2 Å². The monoisotopic (exact) mass is 308 g/mol. The second-order valence-electron chi connectivity index (χ2n) is 4.71. The quantitative estimate of drug-likeness (QED) is 0.921. The fraction of sp³-hybridized carbons (Fsp3) is 0.467. The molecule has 0 spiro atoms. The van der Waals surface area contributed by atoms with Gasteiger partial charge in [-0.15, -0.1) is 0 Å². The van der Waals surface area contributed by atoms with Crippen LogP contribution in [0, 0.1) is 6.92 Å². The number of rotatable bonds is 4. The summed E-state index contributed by atoms with van der Waals surface area (Å²) in [4.78, 5) is 16.7. The molecule has 1 aliphatic heterocycles. The van der Waals surface area contributed by atoms with Gasteiger partial charge in [0.05, 0.1) is 11.8 Å². The number of nitrogens with zero attached hydrogens (tertiary/aromatic N) is 1. The zero-order valence-corrected chi connectivity index (χ0v) is 13.7. The summed E-state index contributed by atoms with van der Waals surface area (Å²) in [6, 6.07) is 6.13. The second-order valence-corrected chi connectivity index (χ2v) is 7.38. The fourth-order valence-corrected chi connectivity index (χ4v) is 4.15. The van der Waals surface area contributed by atoms with E-state index in [0.717, 1.165) is 34.3 Å². The van der Waals surface area contributed by atoms with Crippen molar-refractivity contribution in [3.63, 3.8) is 0 Å². The van der Waals surface area contributed by atoms with Gasteiger partial charge in [0.1, 0.15) is 4.38 Å². The molecule has 1 unspecified atom stereocenters. The van der Waals surface area contributed by atoms with Crippen LogP contribution in [0.25, 0.3) is 0 Å². The molecule has 5 heteroatoms. The van der Waals surface area contributed by atoms with Crippen molar-refractivity contribution in [3.05, 3.63) is 29.3 Å². The van der Waals surface area contributed by atoms with Crippen molar-refractivity contribution in [2.75, 3.05) is 17.6 Å². The minimum Gasteiger partial charge on any atom is -0.325 e. The third-order valence-corrected chi connectivity index (χ3v) is 5.50. The smallest absolute Gasteiger partial charge is 0.237 e. The van der Waals surface area contributed by atoms with Crippen LogP contribution in [0.1, 0.15) is 25.0 Å². The minimum atomic E-state index is -0.122. The first-order valence-electron chi connectivity index (χ1n) is 6.85. The van der Waals surface area contributed by atoms with Crippen LogP contribution in [0.3, 0.4) is 0 Å². The largest absolute Gasteiger partial charge is 0.325 e. The van der Waals surface area contributed by atoms with Crippen molar-refractivity contribution in [2.45, 2.75) is 32.4 Å². The summed E-state index contributed by atoms with van der Waals surface area (Å²) >= 11 is 3.29. The Labute approximate surface area is 129 Å². The molecule has 1 amide bonds. The highest BCUT2D eigenvalue weighted by atomic mass is 32.2. The predicted octanol–water partition coefficient (Wildman–Crippen LogP) is 3.72. The van der Waals surface area contributed by atoms with Crippen molar-refractivity contribution in [1.82, 2.24) is 0 Å². The van der Waals surface area contributed by atoms with E-state index in [1.54, 1.807) is 23.5 Å². The number of hydrogen-bond donors (Lipinski definition) is 1. The molecular weight excluding hydrogens is 288 g/mol. The van der Waals surface area contributed by atoms with Gasteiger partial charge < -0.3 is 5.32 Å². The summed E-state index contributed by atoms with van der Waals surface area (Å²) in [5, 5.41) is 2.96. The highest BCUT2D eigenvalue weighted by Crippen LogP contribution is 2.27. The maximum atomic E-state index is 12.3. The number of anilines is 1. The lowest BCUT2D eigenvalue weighted by atomic mass is 10.1. The zero-order chi connectivity index (χ0) is 14.5. The Kier molecular flexibility index (Phi) is 5.54. The van der Waals surface area contributed by atoms with Crippen LogP contribution in [0.4, 0.5) is 5.69 Å². The first-order valence-corrected chi connectivity index (χ1v) is 8.71. The average molecular weight is 308 g/mol. The predicted molar refractivity (Wildman–Crippen MR) is 91.0 cm³/mol. The molecule has 1 aliphatic rings. The number of aryl methyl sites for hydroxylation is 2. The molecule has 1 aromatic rings. The number of carbonyl (C=O) groups is 1. The zero-order valence-electron chi connectivity index (χ0n) is 12.1. The van der Waals surface area contributed by atoms with Crippen LogP contribution >= 0.6 is 23.5 Å². The van der Waals surface area contributed by atoms with Gasteiger partial charge in [-0.25, -0.2) is 0 Å². The third-order valence-electron chi connectivity index (χ3n) is 3.19. The standard InChI is InChI=1S/C15H20N2OS2/c1-4-12-7-5-6-10(2)13(12)17-14(18)11(3)20-15-16-8-9-19-15/h5-7,11H,4,8-9H2,1-3H3,(H,17,18). The van der Waals surface area contributed by atoms with E-state index in [4.69, 9.17) is 0 Å². The molecule has 1 heterocycles. The summed E-state index contributed by atoms with van der Waals surface area (Å²) in [6.45, 7) is 6.94. The Morgan fingerprint density at radius 2 is 2.35 bits per heavy atom. The number of amides is 1. The molecule has 20 heavy (non-hydrogen) atoms. The topological polar surface area (TPSA) is 41.5 Å². The van der Waals surface area contributed by atoms with E-state index < -0.39 is 0 Å². The van der Waals surface area contributed by atoms with Gasteiger partial charge in [-0.1, -0.05) is 48.6 Å². The summed E-state index contributed by atoms with van der Waals surface area (Å²) in [7, 11) is 0. The molecule has 1 atom stereocenters. The van der Waals surface area contributed by atoms with Crippen LogP contribution in [0.5, 0.6) is 0 Å². The minimum absolute atomic E-state index is 0.0502. The molecule has 0 bridgehead atoms. The Bertz CT molecular complexity index is 529. The number of para-hydroxylation sites is 1. The van der Waals surface area contributed by atoms with Crippen molar-refractivity contribution in [3.8, 4) is 0 Å². The molecule has 2 rings (SSSR count). The van der Waals surface area contributed by atoms with Gasteiger partial charge in [-0.3, -0.25) is 9.79 Å². The van der Waals surface area contributed by atoms with Gasteiger partial charge in [-0.05, 0) is 31.4 Å². The van der Waals surface area contributed by atoms with Crippen LogP contribution in [-0.4, -0.2) is 27.8 Å². The van der Waals surface area contributed by atoms with E-state index in [0.29, 0.717) is 0 Å². The molecule has 1 N–H and O–H groups in total. The van der Waals surface area contributed by atoms with Gasteiger partial charge >= 0.3 is 0 Å². The number of carbonyl (C=O) groups excluding carboxylic acids is 1. The average Bonchev–Trinajstić information content (AvgIpc) is 2.93. The third kappa shape index (κ3) is 3.79. The summed E-state index contributed by atoms with van der Waals surface area (Å²) in [6.07, 6.45) is 0.918. The summed E-state index contributed by atoms with van der Waals surface area (Å²) in [5.74, 6) is 1.09. The lowest BCUT2D eigenvalue weighted by molar-refractivity contribution is -0.115. The van der Waals surface area contributed by atoms with Gasteiger partial charge in [0.15, 0.2) is 0 Å². The highest BCUT2D eigenvalue weighted by molar-refractivity contribution is 8.39. The molecule has 1 aromatic carbocycles. The van der Waals surface area contributed by atoms with E-state index in [-0.39, 0.29) is 11.2 Å². The molecule has 0 aliphatic carbocycles. The molecule has 108 valence electrons. The van der Waals surface area contributed by atoms with Gasteiger partial charge in [-0.2, -0.15) is 0 Å². The van der Waals surface area contributed by atoms with Crippen molar-refractivity contribution < 1.29 is 4.79 Å². The molecular formula is C15H20N2OS2. The number of nitrogens with one attached hydrogen (secondary N) is 1. The normalized spacial score (nSPS) is 15.8. The van der Waals surface area contributed by atoms with Crippen LogP contribution in [0.2, 0.25) is 0 Å². The van der Waals surface area contributed by atoms with Gasteiger partial charge in [0.2, 0.25) is 5.91 Å².